The molecule has 32 heavy (non-hydrogen) atoms. The zero-order chi connectivity index (χ0) is 23.1. The number of likely N-dealkylation sites (tertiary alicyclic amines) is 1. The molecule has 1 N–H and O–H groups in total. The smallest absolute Gasteiger partial charge is 0.226 e. The van der Waals surface area contributed by atoms with Crippen molar-refractivity contribution in [1.29, 1.82) is 0 Å². The van der Waals surface area contributed by atoms with E-state index in [1.165, 1.54) is 0 Å². The number of ether oxygens (including phenoxy) is 2. The highest BCUT2D eigenvalue weighted by atomic mass is 16.5. The lowest BCUT2D eigenvalue weighted by Gasteiger charge is -2.41. The molecule has 6 heteroatoms. The minimum Gasteiger partial charge on any atom is -0.496 e. The molecule has 1 fully saturated rings. The van der Waals surface area contributed by atoms with E-state index in [4.69, 9.17) is 9.47 Å². The Morgan fingerprint density at radius 1 is 1.09 bits per heavy atom. The minimum atomic E-state index is -0.363. The van der Waals surface area contributed by atoms with Crippen LogP contribution in [0.15, 0.2) is 48.5 Å². The average molecular weight is 439 g/mol. The molecule has 1 saturated heterocycles. The van der Waals surface area contributed by atoms with Crippen molar-refractivity contribution in [3.05, 3.63) is 59.7 Å². The van der Waals surface area contributed by atoms with Crippen LogP contribution in [0.25, 0.3) is 0 Å². The Morgan fingerprint density at radius 3 is 2.44 bits per heavy atom. The van der Waals surface area contributed by atoms with Crippen LogP contribution in [-0.4, -0.2) is 37.5 Å². The number of carbonyl (C=O) groups is 2. The van der Waals surface area contributed by atoms with Gasteiger partial charge in [-0.25, -0.2) is 0 Å². The number of methoxy groups -OCH3 is 2. The molecule has 3 atom stereocenters. The van der Waals surface area contributed by atoms with Gasteiger partial charge in [0, 0.05) is 24.1 Å². The van der Waals surface area contributed by atoms with E-state index < -0.39 is 0 Å². The van der Waals surface area contributed by atoms with Gasteiger partial charge < -0.3 is 19.7 Å². The van der Waals surface area contributed by atoms with Gasteiger partial charge in [0.25, 0.3) is 0 Å². The normalized spacial score (nSPS) is 19.4. The van der Waals surface area contributed by atoms with E-state index in [1.807, 2.05) is 60.4 Å². The fraction of sp³-hybridized carbons (Fsp3) is 0.462. The third-order valence-corrected chi connectivity index (χ3v) is 6.22. The van der Waals surface area contributed by atoms with Gasteiger partial charge in [-0.2, -0.15) is 0 Å². The van der Waals surface area contributed by atoms with Crippen molar-refractivity contribution < 1.29 is 19.1 Å². The molecule has 1 heterocycles. The topological polar surface area (TPSA) is 67.9 Å². The zero-order valence-electron chi connectivity index (χ0n) is 19.5. The first-order chi connectivity index (χ1) is 15.5. The maximum atomic E-state index is 13.6. The molecule has 0 spiro atoms. The summed E-state index contributed by atoms with van der Waals surface area (Å²) in [5.74, 6) is 1.11. The summed E-state index contributed by atoms with van der Waals surface area (Å²) in [4.78, 5) is 28.4. The summed E-state index contributed by atoms with van der Waals surface area (Å²) in [5.41, 5.74) is 1.80. The Morgan fingerprint density at radius 2 is 1.75 bits per heavy atom. The van der Waals surface area contributed by atoms with Crippen molar-refractivity contribution in [2.24, 2.45) is 5.92 Å². The summed E-state index contributed by atoms with van der Waals surface area (Å²) in [6.07, 6.45) is 2.75. The molecule has 0 bridgehead atoms. The number of piperidine rings is 1. The summed E-state index contributed by atoms with van der Waals surface area (Å²) in [7, 11) is 3.25. The van der Waals surface area contributed by atoms with Crippen LogP contribution in [0.3, 0.4) is 0 Å². The summed E-state index contributed by atoms with van der Waals surface area (Å²) >= 11 is 0. The molecule has 3 rings (SSSR count). The first-order valence-electron chi connectivity index (χ1n) is 11.4. The van der Waals surface area contributed by atoms with Gasteiger partial charge in [0.1, 0.15) is 11.5 Å². The predicted octanol–water partition coefficient (Wildman–Crippen LogP) is 4.66. The molecule has 3 unspecified atom stereocenters. The Hall–Kier alpha value is -3.02. The molecule has 2 amide bonds. The number of nitrogens with one attached hydrogen (secondary N) is 1. The maximum Gasteiger partial charge on any atom is 0.226 e. The van der Waals surface area contributed by atoms with E-state index in [0.717, 1.165) is 29.7 Å². The summed E-state index contributed by atoms with van der Waals surface area (Å²) in [6, 6.07) is 14.8. The Kier molecular flexibility index (Phi) is 8.14. The van der Waals surface area contributed by atoms with Crippen LogP contribution in [0.4, 0.5) is 0 Å². The second kappa shape index (κ2) is 11.0. The highest BCUT2D eigenvalue weighted by Crippen LogP contribution is 2.41. The third kappa shape index (κ3) is 5.06. The minimum absolute atomic E-state index is 0.0617. The Labute approximate surface area is 190 Å². The third-order valence-electron chi connectivity index (χ3n) is 6.22. The van der Waals surface area contributed by atoms with Gasteiger partial charge in [-0.3, -0.25) is 9.59 Å². The molecule has 2 aromatic carbocycles. The SMILES string of the molecule is CCCCN1C(=O)CCC(C(=O)NC(C)c2ccccc2OC)C1c1ccccc1OC. The molecule has 0 saturated carbocycles. The van der Waals surface area contributed by atoms with Crippen LogP contribution in [0.5, 0.6) is 11.5 Å². The number of unbranched alkanes of at least 4 members (excludes halogenated alkanes) is 1. The van der Waals surface area contributed by atoms with Gasteiger partial charge >= 0.3 is 0 Å². The van der Waals surface area contributed by atoms with Crippen LogP contribution in [0.2, 0.25) is 0 Å². The fourth-order valence-corrected chi connectivity index (χ4v) is 4.54. The van der Waals surface area contributed by atoms with Crippen LogP contribution in [0.1, 0.15) is 62.7 Å². The monoisotopic (exact) mass is 438 g/mol. The number of para-hydroxylation sites is 2. The molecular formula is C26H34N2O4. The Bertz CT molecular complexity index is 930. The van der Waals surface area contributed by atoms with Gasteiger partial charge in [-0.1, -0.05) is 49.7 Å². The van der Waals surface area contributed by atoms with Crippen LogP contribution in [-0.2, 0) is 9.59 Å². The van der Waals surface area contributed by atoms with Gasteiger partial charge in [0.15, 0.2) is 0 Å². The number of rotatable bonds is 9. The largest absolute Gasteiger partial charge is 0.496 e. The zero-order valence-corrected chi connectivity index (χ0v) is 19.5. The molecule has 2 aromatic rings. The molecule has 1 aliphatic heterocycles. The van der Waals surface area contributed by atoms with Gasteiger partial charge in [-0.15, -0.1) is 0 Å². The average Bonchev–Trinajstić information content (AvgIpc) is 2.82. The molecule has 1 aliphatic rings. The lowest BCUT2D eigenvalue weighted by atomic mass is 9.82. The summed E-state index contributed by atoms with van der Waals surface area (Å²) < 4.78 is 11.1. The van der Waals surface area contributed by atoms with Crippen molar-refractivity contribution >= 4 is 11.8 Å². The van der Waals surface area contributed by atoms with Crippen LogP contribution < -0.4 is 14.8 Å². The van der Waals surface area contributed by atoms with E-state index >= 15 is 0 Å². The Balaban J connectivity index is 1.92. The van der Waals surface area contributed by atoms with Gasteiger partial charge in [0.2, 0.25) is 11.8 Å². The standard InChI is InChI=1S/C26H34N2O4/c1-5-6-17-28-24(29)16-15-21(25(28)20-12-8-10-14-23(20)32-4)26(30)27-18(2)19-11-7-9-13-22(19)31-3/h7-14,18,21,25H,5-6,15-17H2,1-4H3,(H,27,30). The van der Waals surface area contributed by atoms with Crippen molar-refractivity contribution in [3.63, 3.8) is 0 Å². The van der Waals surface area contributed by atoms with Crippen LogP contribution in [0, 0.1) is 5.92 Å². The summed E-state index contributed by atoms with van der Waals surface area (Å²) in [6.45, 7) is 4.69. The molecule has 0 aromatic heterocycles. The predicted molar refractivity (Wildman–Crippen MR) is 125 cm³/mol. The van der Waals surface area contributed by atoms with Crippen molar-refractivity contribution in [3.8, 4) is 11.5 Å². The number of benzene rings is 2. The number of carbonyl (C=O) groups excluding carboxylic acids is 2. The van der Waals surface area contributed by atoms with Crippen molar-refractivity contribution in [1.82, 2.24) is 10.2 Å². The van der Waals surface area contributed by atoms with E-state index in [0.29, 0.717) is 25.1 Å². The van der Waals surface area contributed by atoms with E-state index in [1.54, 1.807) is 14.2 Å². The highest BCUT2D eigenvalue weighted by molar-refractivity contribution is 5.85. The number of hydrogen-bond acceptors (Lipinski definition) is 4. The number of hydrogen-bond donors (Lipinski definition) is 1. The molecule has 6 nitrogen and oxygen atoms in total. The molecular weight excluding hydrogens is 404 g/mol. The van der Waals surface area contributed by atoms with Gasteiger partial charge in [-0.05, 0) is 31.9 Å². The number of amides is 2. The molecule has 0 aliphatic carbocycles. The highest BCUT2D eigenvalue weighted by Gasteiger charge is 2.41. The fourth-order valence-electron chi connectivity index (χ4n) is 4.54. The second-order valence-corrected chi connectivity index (χ2v) is 8.24. The van der Waals surface area contributed by atoms with Crippen LogP contribution >= 0.6 is 0 Å². The second-order valence-electron chi connectivity index (χ2n) is 8.24. The quantitative estimate of drug-likeness (QED) is 0.618. The molecule has 0 radical (unpaired) electrons. The first kappa shape index (κ1) is 23.6. The lowest BCUT2D eigenvalue weighted by Crippen LogP contribution is -2.48. The maximum absolute atomic E-state index is 13.6. The van der Waals surface area contributed by atoms with Crippen molar-refractivity contribution in [2.45, 2.75) is 51.6 Å². The van der Waals surface area contributed by atoms with E-state index in [2.05, 4.69) is 12.2 Å². The molecule has 172 valence electrons. The van der Waals surface area contributed by atoms with Crippen molar-refractivity contribution in [2.75, 3.05) is 20.8 Å². The van der Waals surface area contributed by atoms with Gasteiger partial charge in [0.05, 0.1) is 32.2 Å². The lowest BCUT2D eigenvalue weighted by molar-refractivity contribution is -0.143. The number of nitrogens with zero attached hydrogens (tertiary/aromatic N) is 1. The van der Waals surface area contributed by atoms with E-state index in [9.17, 15) is 9.59 Å². The van der Waals surface area contributed by atoms with E-state index in [-0.39, 0.29) is 29.8 Å². The summed E-state index contributed by atoms with van der Waals surface area (Å²) in [5, 5.41) is 3.17. The first-order valence-corrected chi connectivity index (χ1v) is 11.4.